The lowest BCUT2D eigenvalue weighted by Crippen LogP contribution is -2.27. The Hall–Kier alpha value is -1.75. The Morgan fingerprint density at radius 2 is 1.80 bits per heavy atom. The summed E-state index contributed by atoms with van der Waals surface area (Å²) in [7, 11) is 0. The third-order valence-corrected chi connectivity index (χ3v) is 4.89. The summed E-state index contributed by atoms with van der Waals surface area (Å²) < 4.78 is 5.41. The molecule has 0 fully saturated rings. The van der Waals surface area contributed by atoms with Gasteiger partial charge in [0.1, 0.15) is 23.2 Å². The number of hydrogen-bond donors (Lipinski definition) is 3. The molecule has 0 aliphatic carbocycles. The average Bonchev–Trinajstić information content (AvgIpc) is 2.55. The molecule has 5 nitrogen and oxygen atoms in total. The molecule has 0 saturated heterocycles. The summed E-state index contributed by atoms with van der Waals surface area (Å²) >= 11 is 0. The highest BCUT2D eigenvalue weighted by atomic mass is 16.5. The highest BCUT2D eigenvalue weighted by molar-refractivity contribution is 5.95. The summed E-state index contributed by atoms with van der Waals surface area (Å²) in [5, 5.41) is 28.9. The fourth-order valence-electron chi connectivity index (χ4n) is 3.39. The van der Waals surface area contributed by atoms with Crippen LogP contribution in [-0.4, -0.2) is 33.5 Å². The second-order valence-corrected chi connectivity index (χ2v) is 6.99. The van der Waals surface area contributed by atoms with Crippen LogP contribution in [0.25, 0.3) is 0 Å². The minimum absolute atomic E-state index is 0.0297. The first kappa shape index (κ1) is 19.6. The number of cyclic esters (lactones) is 1. The Labute approximate surface area is 149 Å². The zero-order valence-corrected chi connectivity index (χ0v) is 15.0. The molecule has 140 valence electrons. The van der Waals surface area contributed by atoms with Crippen molar-refractivity contribution in [2.75, 3.05) is 0 Å². The maximum absolute atomic E-state index is 12.0. The number of fused-ring (bicyclic) bond motifs is 1. The Bertz CT molecular complexity index is 569. The van der Waals surface area contributed by atoms with E-state index in [1.165, 1.54) is 18.6 Å². The van der Waals surface area contributed by atoms with Crippen LogP contribution in [0.1, 0.15) is 80.6 Å². The van der Waals surface area contributed by atoms with Crippen LogP contribution in [0.3, 0.4) is 0 Å². The molecule has 0 aromatic heterocycles. The van der Waals surface area contributed by atoms with E-state index in [9.17, 15) is 20.1 Å². The molecule has 0 bridgehead atoms. The van der Waals surface area contributed by atoms with E-state index in [0.717, 1.165) is 51.4 Å². The van der Waals surface area contributed by atoms with Gasteiger partial charge in [-0.2, -0.15) is 0 Å². The number of carbonyl (C=O) groups is 1. The standard InChI is InChI=1S/C20H30O5/c1-2-15(21)9-7-5-3-4-6-8-10-17-12-14-11-16(22)13-18(23)19(14)20(24)25-17/h11,13,15,17,21-23H,2-10,12H2,1H3/t15-,17+/m0/s1. The Morgan fingerprint density at radius 1 is 1.12 bits per heavy atom. The predicted octanol–water partition coefficient (Wildman–Crippen LogP) is 4.07. The third-order valence-electron chi connectivity index (χ3n) is 4.89. The summed E-state index contributed by atoms with van der Waals surface area (Å²) in [4.78, 5) is 12.0. The fourth-order valence-corrected chi connectivity index (χ4v) is 3.39. The van der Waals surface area contributed by atoms with E-state index in [4.69, 9.17) is 4.74 Å². The first-order valence-electron chi connectivity index (χ1n) is 9.45. The van der Waals surface area contributed by atoms with Crippen LogP contribution in [0, 0.1) is 0 Å². The Balaban J connectivity index is 1.65. The van der Waals surface area contributed by atoms with E-state index in [1.54, 1.807) is 0 Å². The maximum atomic E-state index is 12.0. The topological polar surface area (TPSA) is 87.0 Å². The minimum atomic E-state index is -0.502. The summed E-state index contributed by atoms with van der Waals surface area (Å²) in [6, 6.07) is 2.70. The summed E-state index contributed by atoms with van der Waals surface area (Å²) in [6.45, 7) is 2.00. The molecule has 3 N–H and O–H groups in total. The number of ether oxygens (including phenoxy) is 1. The van der Waals surface area contributed by atoms with Gasteiger partial charge in [0.05, 0.1) is 6.10 Å². The van der Waals surface area contributed by atoms with Crippen LogP contribution in [0.5, 0.6) is 11.5 Å². The lowest BCUT2D eigenvalue weighted by molar-refractivity contribution is 0.0227. The molecule has 5 heteroatoms. The van der Waals surface area contributed by atoms with Gasteiger partial charge in [-0.1, -0.05) is 39.0 Å². The van der Waals surface area contributed by atoms with Crippen molar-refractivity contribution in [3.05, 3.63) is 23.3 Å². The summed E-state index contributed by atoms with van der Waals surface area (Å²) in [5.41, 5.74) is 0.844. The number of aromatic hydroxyl groups is 2. The van der Waals surface area contributed by atoms with Crippen molar-refractivity contribution in [3.63, 3.8) is 0 Å². The molecule has 0 saturated carbocycles. The predicted molar refractivity (Wildman–Crippen MR) is 95.9 cm³/mol. The van der Waals surface area contributed by atoms with Gasteiger partial charge >= 0.3 is 5.97 Å². The second-order valence-electron chi connectivity index (χ2n) is 6.99. The normalized spacial score (nSPS) is 17.8. The molecule has 0 spiro atoms. The zero-order chi connectivity index (χ0) is 18.2. The second kappa shape index (κ2) is 9.66. The molecule has 1 aromatic carbocycles. The van der Waals surface area contributed by atoms with Crippen molar-refractivity contribution in [1.82, 2.24) is 0 Å². The van der Waals surface area contributed by atoms with Crippen LogP contribution in [0.2, 0.25) is 0 Å². The molecule has 25 heavy (non-hydrogen) atoms. The van der Waals surface area contributed by atoms with Crippen LogP contribution in [-0.2, 0) is 11.2 Å². The number of esters is 1. The molecule has 0 radical (unpaired) electrons. The van der Waals surface area contributed by atoms with Crippen LogP contribution in [0.15, 0.2) is 12.1 Å². The smallest absolute Gasteiger partial charge is 0.342 e. The largest absolute Gasteiger partial charge is 0.508 e. The van der Waals surface area contributed by atoms with Gasteiger partial charge in [0.25, 0.3) is 0 Å². The lowest BCUT2D eigenvalue weighted by atomic mass is 9.94. The van der Waals surface area contributed by atoms with Gasteiger partial charge in [-0.15, -0.1) is 0 Å². The monoisotopic (exact) mass is 350 g/mol. The Morgan fingerprint density at radius 3 is 2.52 bits per heavy atom. The molecule has 1 aromatic rings. The van der Waals surface area contributed by atoms with E-state index in [-0.39, 0.29) is 29.3 Å². The number of hydrogen-bond acceptors (Lipinski definition) is 5. The maximum Gasteiger partial charge on any atom is 0.342 e. The quantitative estimate of drug-likeness (QED) is 0.437. The van der Waals surface area contributed by atoms with Crippen LogP contribution in [0.4, 0.5) is 0 Å². The van der Waals surface area contributed by atoms with Gasteiger partial charge in [-0.3, -0.25) is 0 Å². The lowest BCUT2D eigenvalue weighted by Gasteiger charge is -2.25. The number of phenols is 2. The van der Waals surface area contributed by atoms with Gasteiger partial charge in [0.15, 0.2) is 0 Å². The number of aliphatic hydroxyl groups excluding tert-OH is 1. The molecule has 1 aliphatic rings. The van der Waals surface area contributed by atoms with Gasteiger partial charge in [0.2, 0.25) is 0 Å². The molecule has 2 atom stereocenters. The summed E-state index contributed by atoms with van der Waals surface area (Å²) in [5.74, 6) is -0.747. The molecule has 0 unspecified atom stereocenters. The van der Waals surface area contributed by atoms with Crippen molar-refractivity contribution in [3.8, 4) is 11.5 Å². The van der Waals surface area contributed by atoms with E-state index < -0.39 is 5.97 Å². The number of rotatable bonds is 10. The Kier molecular flexibility index (Phi) is 7.56. The molecule has 1 heterocycles. The van der Waals surface area contributed by atoms with E-state index in [0.29, 0.717) is 12.0 Å². The van der Waals surface area contributed by atoms with Gasteiger partial charge in [-0.05, 0) is 37.3 Å². The van der Waals surface area contributed by atoms with Gasteiger partial charge < -0.3 is 20.1 Å². The average molecular weight is 350 g/mol. The fraction of sp³-hybridized carbons (Fsp3) is 0.650. The van der Waals surface area contributed by atoms with Crippen molar-refractivity contribution in [1.29, 1.82) is 0 Å². The van der Waals surface area contributed by atoms with Gasteiger partial charge in [0, 0.05) is 12.5 Å². The first-order chi connectivity index (χ1) is 12.0. The number of benzene rings is 1. The summed E-state index contributed by atoms with van der Waals surface area (Å²) in [6.07, 6.45) is 9.40. The molecular formula is C20H30O5. The highest BCUT2D eigenvalue weighted by Crippen LogP contribution is 2.33. The van der Waals surface area contributed by atoms with Crippen LogP contribution >= 0.6 is 0 Å². The van der Waals surface area contributed by atoms with E-state index in [2.05, 4.69) is 0 Å². The zero-order valence-electron chi connectivity index (χ0n) is 15.0. The van der Waals surface area contributed by atoms with Crippen molar-refractivity contribution >= 4 is 5.97 Å². The van der Waals surface area contributed by atoms with E-state index >= 15 is 0 Å². The molecule has 1 aliphatic heterocycles. The number of phenolic OH excluding ortho intramolecular Hbond substituents is 2. The van der Waals surface area contributed by atoms with Crippen LogP contribution < -0.4 is 0 Å². The first-order valence-corrected chi connectivity index (χ1v) is 9.45. The van der Waals surface area contributed by atoms with E-state index in [1.807, 2.05) is 6.92 Å². The molecule has 2 rings (SSSR count). The minimum Gasteiger partial charge on any atom is -0.508 e. The van der Waals surface area contributed by atoms with Crippen molar-refractivity contribution in [2.24, 2.45) is 0 Å². The third kappa shape index (κ3) is 5.92. The van der Waals surface area contributed by atoms with Gasteiger partial charge in [-0.25, -0.2) is 4.79 Å². The highest BCUT2D eigenvalue weighted by Gasteiger charge is 2.29. The number of aliphatic hydroxyl groups is 1. The number of unbranched alkanes of at least 4 members (excludes halogenated alkanes) is 5. The molecule has 0 amide bonds. The molecular weight excluding hydrogens is 320 g/mol. The van der Waals surface area contributed by atoms with Crippen molar-refractivity contribution < 1.29 is 24.9 Å². The van der Waals surface area contributed by atoms with Crippen molar-refractivity contribution in [2.45, 2.75) is 83.3 Å². The number of carbonyl (C=O) groups excluding carboxylic acids is 1. The SMILES string of the molecule is CC[C@H](O)CCCCCCCC[C@@H]1Cc2cc(O)cc(O)c2C(=O)O1.